The zero-order chi connectivity index (χ0) is 26.8. The Morgan fingerprint density at radius 2 is 2.03 bits per heavy atom. The zero-order valence-corrected chi connectivity index (χ0v) is 23.3. The predicted molar refractivity (Wildman–Crippen MR) is 154 cm³/mol. The lowest BCUT2D eigenvalue weighted by molar-refractivity contribution is -0.146. The van der Waals surface area contributed by atoms with Crippen LogP contribution in [0.4, 0.5) is 0 Å². The molecule has 0 saturated carbocycles. The smallest absolute Gasteiger partial charge is 0.226 e. The Labute approximate surface area is 233 Å². The molecule has 39 heavy (non-hydrogen) atoms. The van der Waals surface area contributed by atoms with Crippen molar-refractivity contribution in [2.45, 2.75) is 45.3 Å². The first-order chi connectivity index (χ1) is 19.0. The number of rotatable bonds is 6. The van der Waals surface area contributed by atoms with Gasteiger partial charge >= 0.3 is 0 Å². The Balaban J connectivity index is 1.32. The fraction of sp³-hybridized carbons (Fsp3) is 0.375. The number of hydrogen-bond donors (Lipinski definition) is 0. The van der Waals surface area contributed by atoms with E-state index < -0.39 is 0 Å². The number of hydrogen-bond acceptors (Lipinski definition) is 6. The van der Waals surface area contributed by atoms with Gasteiger partial charge in [0.2, 0.25) is 5.91 Å². The van der Waals surface area contributed by atoms with Crippen LogP contribution in [-0.2, 0) is 22.5 Å². The standard InChI is InChI=1S/C32H34N2O4S/c1-32(2)19-22(10-15-38-32)31(35)34-13-16-37-30-24(20-34)17-23(27-21-39-29-9-4-3-8-26(27)29)18-28(30)36-14-11-25-7-5-6-12-33-25/h3-9,12,17-18,21-22H,10-11,13-16,19-20H2,1-2H3. The van der Waals surface area contributed by atoms with Crippen molar-refractivity contribution < 1.29 is 19.0 Å². The number of carbonyl (C=O) groups excluding carboxylic acids is 1. The van der Waals surface area contributed by atoms with Crippen molar-refractivity contribution in [1.82, 2.24) is 9.88 Å². The summed E-state index contributed by atoms with van der Waals surface area (Å²) in [6, 6.07) is 18.6. The molecule has 2 aromatic heterocycles. The number of ether oxygens (including phenoxy) is 3. The number of thiophene rings is 1. The van der Waals surface area contributed by atoms with E-state index in [0.29, 0.717) is 39.3 Å². The van der Waals surface area contributed by atoms with E-state index in [-0.39, 0.29) is 17.4 Å². The number of aromatic nitrogens is 1. The molecule has 4 aromatic rings. The van der Waals surface area contributed by atoms with Crippen molar-refractivity contribution >= 4 is 27.3 Å². The zero-order valence-electron chi connectivity index (χ0n) is 22.5. The first-order valence-electron chi connectivity index (χ1n) is 13.7. The fourth-order valence-electron chi connectivity index (χ4n) is 5.65. The van der Waals surface area contributed by atoms with E-state index in [0.717, 1.165) is 41.2 Å². The average molecular weight is 543 g/mol. The number of amides is 1. The summed E-state index contributed by atoms with van der Waals surface area (Å²) in [5.41, 5.74) is 3.93. The molecule has 7 heteroatoms. The minimum Gasteiger partial charge on any atom is -0.489 e. The molecule has 1 unspecified atom stereocenters. The summed E-state index contributed by atoms with van der Waals surface area (Å²) < 4.78 is 19.8. The summed E-state index contributed by atoms with van der Waals surface area (Å²) >= 11 is 1.74. The van der Waals surface area contributed by atoms with Gasteiger partial charge in [0.15, 0.2) is 11.5 Å². The Morgan fingerprint density at radius 1 is 1.15 bits per heavy atom. The van der Waals surface area contributed by atoms with Crippen LogP contribution in [0.15, 0.2) is 66.2 Å². The van der Waals surface area contributed by atoms with Crippen LogP contribution in [0.3, 0.4) is 0 Å². The summed E-state index contributed by atoms with van der Waals surface area (Å²) in [6.07, 6.45) is 4.00. The van der Waals surface area contributed by atoms with Gasteiger partial charge in [-0.25, -0.2) is 0 Å². The maximum atomic E-state index is 13.7. The number of benzene rings is 2. The summed E-state index contributed by atoms with van der Waals surface area (Å²) in [6.45, 7) is 6.73. The molecule has 202 valence electrons. The molecule has 0 bridgehead atoms. The predicted octanol–water partition coefficient (Wildman–Crippen LogP) is 6.51. The maximum Gasteiger partial charge on any atom is 0.226 e. The Kier molecular flexibility index (Phi) is 7.28. The van der Waals surface area contributed by atoms with Gasteiger partial charge in [0, 0.05) is 58.6 Å². The number of carbonyl (C=O) groups is 1. The highest BCUT2D eigenvalue weighted by Gasteiger charge is 2.36. The summed E-state index contributed by atoms with van der Waals surface area (Å²) in [7, 11) is 0. The van der Waals surface area contributed by atoms with Gasteiger partial charge in [-0.2, -0.15) is 0 Å². The van der Waals surface area contributed by atoms with Crippen LogP contribution in [0.2, 0.25) is 0 Å². The van der Waals surface area contributed by atoms with Crippen molar-refractivity contribution in [2.24, 2.45) is 5.92 Å². The van der Waals surface area contributed by atoms with Crippen LogP contribution in [0.1, 0.15) is 37.9 Å². The molecule has 0 radical (unpaired) electrons. The van der Waals surface area contributed by atoms with Crippen LogP contribution >= 0.6 is 11.3 Å². The van der Waals surface area contributed by atoms with E-state index in [2.05, 4.69) is 60.6 Å². The Hall–Kier alpha value is -3.42. The molecule has 0 aliphatic carbocycles. The molecule has 0 spiro atoms. The minimum absolute atomic E-state index is 0.0339. The van der Waals surface area contributed by atoms with Gasteiger partial charge in [-0.05, 0) is 68.0 Å². The molecule has 1 amide bonds. The van der Waals surface area contributed by atoms with Gasteiger partial charge in [0.1, 0.15) is 6.61 Å². The second-order valence-electron chi connectivity index (χ2n) is 10.9. The molecule has 6 rings (SSSR count). The van der Waals surface area contributed by atoms with Crippen LogP contribution < -0.4 is 9.47 Å². The monoisotopic (exact) mass is 542 g/mol. The first-order valence-corrected chi connectivity index (χ1v) is 14.6. The third kappa shape index (κ3) is 5.65. The van der Waals surface area contributed by atoms with Gasteiger partial charge in [-0.1, -0.05) is 24.3 Å². The van der Waals surface area contributed by atoms with Gasteiger partial charge in [-0.15, -0.1) is 11.3 Å². The second kappa shape index (κ2) is 11.0. The molecule has 6 nitrogen and oxygen atoms in total. The quantitative estimate of drug-likeness (QED) is 0.278. The molecule has 4 heterocycles. The van der Waals surface area contributed by atoms with E-state index in [9.17, 15) is 4.79 Å². The molecule has 1 fully saturated rings. The van der Waals surface area contributed by atoms with Gasteiger partial charge < -0.3 is 19.1 Å². The van der Waals surface area contributed by atoms with E-state index >= 15 is 0 Å². The van der Waals surface area contributed by atoms with Crippen LogP contribution in [0.25, 0.3) is 21.2 Å². The molecule has 2 aliphatic heterocycles. The van der Waals surface area contributed by atoms with E-state index in [1.165, 1.54) is 15.6 Å². The SMILES string of the molecule is CC1(C)CC(C(=O)N2CCOc3c(cc(-c4csc5ccccc45)cc3OCCc3ccccn3)C2)CCO1. The molecular weight excluding hydrogens is 508 g/mol. The van der Waals surface area contributed by atoms with Crippen molar-refractivity contribution in [3.05, 3.63) is 77.4 Å². The molecule has 1 atom stereocenters. The molecule has 1 saturated heterocycles. The number of pyridine rings is 1. The Bertz CT molecular complexity index is 1470. The maximum absolute atomic E-state index is 13.7. The lowest BCUT2D eigenvalue weighted by Crippen LogP contribution is -2.43. The van der Waals surface area contributed by atoms with E-state index in [4.69, 9.17) is 14.2 Å². The van der Waals surface area contributed by atoms with Gasteiger partial charge in [-0.3, -0.25) is 9.78 Å². The van der Waals surface area contributed by atoms with E-state index in [1.54, 1.807) is 17.5 Å². The lowest BCUT2D eigenvalue weighted by atomic mass is 9.87. The average Bonchev–Trinajstić information content (AvgIpc) is 3.25. The topological polar surface area (TPSA) is 60.9 Å². The number of nitrogens with zero attached hydrogens (tertiary/aromatic N) is 2. The summed E-state index contributed by atoms with van der Waals surface area (Å²) in [5.74, 6) is 1.61. The van der Waals surface area contributed by atoms with Gasteiger partial charge in [0.05, 0.1) is 18.8 Å². The Morgan fingerprint density at radius 3 is 2.87 bits per heavy atom. The summed E-state index contributed by atoms with van der Waals surface area (Å²) in [5, 5.41) is 3.42. The highest BCUT2D eigenvalue weighted by atomic mass is 32.1. The van der Waals surface area contributed by atoms with Crippen LogP contribution in [0, 0.1) is 5.92 Å². The molecule has 2 aliphatic rings. The first kappa shape index (κ1) is 25.8. The molecular formula is C32H34N2O4S. The third-order valence-corrected chi connectivity index (χ3v) is 8.56. The van der Waals surface area contributed by atoms with Crippen molar-refractivity contribution in [1.29, 1.82) is 0 Å². The summed E-state index contributed by atoms with van der Waals surface area (Å²) in [4.78, 5) is 20.1. The fourth-order valence-corrected chi connectivity index (χ4v) is 6.62. The third-order valence-electron chi connectivity index (χ3n) is 7.59. The van der Waals surface area contributed by atoms with E-state index in [1.807, 2.05) is 23.1 Å². The van der Waals surface area contributed by atoms with Crippen LogP contribution in [-0.4, -0.2) is 47.8 Å². The minimum atomic E-state index is -0.277. The lowest BCUT2D eigenvalue weighted by Gasteiger charge is -2.36. The largest absolute Gasteiger partial charge is 0.489 e. The molecule has 2 aromatic carbocycles. The normalized spacial score (nSPS) is 18.7. The highest BCUT2D eigenvalue weighted by Crippen LogP contribution is 2.42. The second-order valence-corrected chi connectivity index (χ2v) is 11.8. The van der Waals surface area contributed by atoms with Crippen molar-refractivity contribution in [2.75, 3.05) is 26.4 Å². The highest BCUT2D eigenvalue weighted by molar-refractivity contribution is 7.17. The molecule has 0 N–H and O–H groups in total. The van der Waals surface area contributed by atoms with Gasteiger partial charge in [0.25, 0.3) is 0 Å². The van der Waals surface area contributed by atoms with Crippen molar-refractivity contribution in [3.8, 4) is 22.6 Å². The van der Waals surface area contributed by atoms with Crippen LogP contribution in [0.5, 0.6) is 11.5 Å². The van der Waals surface area contributed by atoms with Crippen molar-refractivity contribution in [3.63, 3.8) is 0 Å². The number of fused-ring (bicyclic) bond motifs is 2.